The van der Waals surface area contributed by atoms with E-state index in [4.69, 9.17) is 17.3 Å². The maximum atomic E-state index is 12.5. The van der Waals surface area contributed by atoms with Crippen LogP contribution in [-0.2, 0) is 13.5 Å². The van der Waals surface area contributed by atoms with Gasteiger partial charge in [-0.05, 0) is 30.7 Å². The maximum absolute atomic E-state index is 12.5. The molecule has 106 valence electrons. The van der Waals surface area contributed by atoms with E-state index in [1.807, 2.05) is 6.92 Å². The number of anilines is 2. The molecule has 1 heterocycles. The van der Waals surface area contributed by atoms with Gasteiger partial charge in [0.2, 0.25) is 0 Å². The van der Waals surface area contributed by atoms with Gasteiger partial charge in [0.15, 0.2) is 0 Å². The largest absolute Gasteiger partial charge is 0.397 e. The lowest BCUT2D eigenvalue weighted by Gasteiger charge is -2.19. The highest BCUT2D eigenvalue weighted by atomic mass is 35.5. The number of hydrogen-bond donors (Lipinski definition) is 1. The van der Waals surface area contributed by atoms with Crippen LogP contribution in [0.5, 0.6) is 0 Å². The Labute approximate surface area is 122 Å². The van der Waals surface area contributed by atoms with Gasteiger partial charge in [0.1, 0.15) is 5.69 Å². The molecule has 0 aliphatic carbocycles. The molecule has 0 aliphatic heterocycles. The number of benzene rings is 1. The number of hydrogen-bond acceptors (Lipinski definition) is 3. The molecular weight excluding hydrogens is 276 g/mol. The molecule has 0 unspecified atom stereocenters. The normalized spacial score (nSPS) is 10.6. The maximum Gasteiger partial charge on any atom is 0.276 e. The summed E-state index contributed by atoms with van der Waals surface area (Å²) in [5.74, 6) is -0.173. The van der Waals surface area contributed by atoms with Gasteiger partial charge >= 0.3 is 0 Å². The number of rotatable bonds is 3. The van der Waals surface area contributed by atoms with Crippen molar-refractivity contribution in [3.63, 3.8) is 0 Å². The van der Waals surface area contributed by atoms with Crippen LogP contribution in [0, 0.1) is 0 Å². The highest BCUT2D eigenvalue weighted by Gasteiger charge is 2.20. The van der Waals surface area contributed by atoms with E-state index in [2.05, 4.69) is 5.10 Å². The van der Waals surface area contributed by atoms with Crippen molar-refractivity contribution >= 4 is 28.9 Å². The fourth-order valence-electron chi connectivity index (χ4n) is 1.99. The molecule has 0 bridgehead atoms. The summed E-state index contributed by atoms with van der Waals surface area (Å²) in [4.78, 5) is 14.0. The molecule has 2 aromatic rings. The number of carbonyl (C=O) groups excluding carboxylic acids is 1. The smallest absolute Gasteiger partial charge is 0.276 e. The van der Waals surface area contributed by atoms with Crippen molar-refractivity contribution in [3.05, 3.63) is 40.7 Å². The number of nitrogen functional groups attached to an aromatic ring is 1. The molecule has 6 heteroatoms. The number of aryl methyl sites for hydroxylation is 2. The summed E-state index contributed by atoms with van der Waals surface area (Å²) in [6.45, 7) is 2.00. The van der Waals surface area contributed by atoms with Gasteiger partial charge in [-0.3, -0.25) is 9.48 Å². The quantitative estimate of drug-likeness (QED) is 0.884. The van der Waals surface area contributed by atoms with Crippen molar-refractivity contribution < 1.29 is 4.79 Å². The zero-order valence-electron chi connectivity index (χ0n) is 11.7. The second kappa shape index (κ2) is 5.54. The summed E-state index contributed by atoms with van der Waals surface area (Å²) in [7, 11) is 3.42. The highest BCUT2D eigenvalue weighted by molar-refractivity contribution is 6.31. The SMILES string of the molecule is CCc1cc(C(=O)N(C)c2cc(Cl)ccc2N)n(C)n1. The highest BCUT2D eigenvalue weighted by Crippen LogP contribution is 2.27. The molecule has 20 heavy (non-hydrogen) atoms. The zero-order chi connectivity index (χ0) is 14.9. The molecule has 0 fully saturated rings. The van der Waals surface area contributed by atoms with Crippen molar-refractivity contribution in [1.82, 2.24) is 9.78 Å². The fraction of sp³-hybridized carbons (Fsp3) is 0.286. The summed E-state index contributed by atoms with van der Waals surface area (Å²) in [5, 5.41) is 4.81. The van der Waals surface area contributed by atoms with E-state index < -0.39 is 0 Å². The lowest BCUT2D eigenvalue weighted by molar-refractivity contribution is 0.0984. The summed E-state index contributed by atoms with van der Waals surface area (Å²) in [5.41, 5.74) is 8.38. The van der Waals surface area contributed by atoms with Crippen molar-refractivity contribution in [3.8, 4) is 0 Å². The van der Waals surface area contributed by atoms with Crippen LogP contribution in [0.3, 0.4) is 0 Å². The van der Waals surface area contributed by atoms with Crippen molar-refractivity contribution in [2.24, 2.45) is 7.05 Å². The van der Waals surface area contributed by atoms with Gasteiger partial charge in [0, 0.05) is 19.1 Å². The van der Waals surface area contributed by atoms with Gasteiger partial charge in [-0.15, -0.1) is 0 Å². The fourth-order valence-corrected chi connectivity index (χ4v) is 2.15. The Morgan fingerprint density at radius 1 is 1.45 bits per heavy atom. The summed E-state index contributed by atoms with van der Waals surface area (Å²) < 4.78 is 1.58. The van der Waals surface area contributed by atoms with Crippen LogP contribution >= 0.6 is 11.6 Å². The molecule has 0 atom stereocenters. The second-order valence-electron chi connectivity index (χ2n) is 4.57. The van der Waals surface area contributed by atoms with Crippen molar-refractivity contribution in [2.45, 2.75) is 13.3 Å². The minimum Gasteiger partial charge on any atom is -0.397 e. The molecule has 1 amide bonds. The Hall–Kier alpha value is -2.01. The molecule has 0 spiro atoms. The third kappa shape index (κ3) is 2.63. The van der Waals surface area contributed by atoms with Gasteiger partial charge in [0.25, 0.3) is 5.91 Å². The van der Waals surface area contributed by atoms with E-state index >= 15 is 0 Å². The number of aromatic nitrogens is 2. The Balaban J connectivity index is 2.37. The van der Waals surface area contributed by atoms with Gasteiger partial charge in [0.05, 0.1) is 17.1 Å². The topological polar surface area (TPSA) is 64.2 Å². The van der Waals surface area contributed by atoms with E-state index in [0.29, 0.717) is 22.1 Å². The van der Waals surface area contributed by atoms with Crippen LogP contribution < -0.4 is 10.6 Å². The first-order valence-corrected chi connectivity index (χ1v) is 6.67. The average molecular weight is 293 g/mol. The standard InChI is InChI=1S/C14H17ClN4O/c1-4-10-8-13(19(3)17-10)14(20)18(2)12-7-9(15)5-6-11(12)16/h5-8H,4,16H2,1-3H3. The monoisotopic (exact) mass is 292 g/mol. The Kier molecular flexibility index (Phi) is 3.99. The van der Waals surface area contributed by atoms with Crippen LogP contribution in [0.1, 0.15) is 23.1 Å². The lowest BCUT2D eigenvalue weighted by Crippen LogP contribution is -2.28. The first-order valence-electron chi connectivity index (χ1n) is 6.30. The summed E-state index contributed by atoms with van der Waals surface area (Å²) in [6.07, 6.45) is 0.782. The van der Waals surface area contributed by atoms with Crippen LogP contribution in [0.2, 0.25) is 5.02 Å². The van der Waals surface area contributed by atoms with E-state index in [1.165, 1.54) is 4.90 Å². The van der Waals surface area contributed by atoms with E-state index in [1.54, 1.807) is 43.0 Å². The van der Waals surface area contributed by atoms with Crippen molar-refractivity contribution in [2.75, 3.05) is 17.7 Å². The number of amides is 1. The Morgan fingerprint density at radius 2 is 2.15 bits per heavy atom. The van der Waals surface area contributed by atoms with E-state index in [-0.39, 0.29) is 5.91 Å². The molecule has 0 saturated carbocycles. The van der Waals surface area contributed by atoms with Crippen LogP contribution in [0.25, 0.3) is 0 Å². The number of nitrogens with zero attached hydrogens (tertiary/aromatic N) is 3. The molecule has 5 nitrogen and oxygen atoms in total. The molecular formula is C14H17ClN4O. The Bertz CT molecular complexity index is 651. The zero-order valence-corrected chi connectivity index (χ0v) is 12.5. The van der Waals surface area contributed by atoms with Gasteiger partial charge < -0.3 is 10.6 Å². The third-order valence-corrected chi connectivity index (χ3v) is 3.41. The molecule has 1 aromatic heterocycles. The number of carbonyl (C=O) groups is 1. The molecule has 0 saturated heterocycles. The van der Waals surface area contributed by atoms with Crippen molar-refractivity contribution in [1.29, 1.82) is 0 Å². The van der Waals surface area contributed by atoms with Gasteiger partial charge in [-0.1, -0.05) is 18.5 Å². The van der Waals surface area contributed by atoms with Crippen LogP contribution in [0.15, 0.2) is 24.3 Å². The Morgan fingerprint density at radius 3 is 2.75 bits per heavy atom. The second-order valence-corrected chi connectivity index (χ2v) is 5.00. The van der Waals surface area contributed by atoms with Gasteiger partial charge in [-0.2, -0.15) is 5.10 Å². The third-order valence-electron chi connectivity index (χ3n) is 3.17. The van der Waals surface area contributed by atoms with Crippen LogP contribution in [-0.4, -0.2) is 22.7 Å². The summed E-state index contributed by atoms with van der Waals surface area (Å²) in [6, 6.07) is 6.84. The first kappa shape index (κ1) is 14.4. The van der Waals surface area contributed by atoms with E-state index in [0.717, 1.165) is 12.1 Å². The summed E-state index contributed by atoms with van der Waals surface area (Å²) >= 11 is 5.96. The molecule has 0 aliphatic rings. The lowest BCUT2D eigenvalue weighted by atomic mass is 10.2. The molecule has 2 rings (SSSR count). The predicted molar refractivity (Wildman–Crippen MR) is 81.2 cm³/mol. The number of halogens is 1. The predicted octanol–water partition coefficient (Wildman–Crippen LogP) is 2.49. The molecule has 1 aromatic carbocycles. The van der Waals surface area contributed by atoms with Gasteiger partial charge in [-0.25, -0.2) is 0 Å². The first-order chi connectivity index (χ1) is 9.43. The average Bonchev–Trinajstić information content (AvgIpc) is 2.81. The number of nitrogens with two attached hydrogens (primary N) is 1. The molecule has 0 radical (unpaired) electrons. The minimum atomic E-state index is -0.173. The molecule has 2 N–H and O–H groups in total. The van der Waals surface area contributed by atoms with Crippen LogP contribution in [0.4, 0.5) is 11.4 Å². The van der Waals surface area contributed by atoms with E-state index in [9.17, 15) is 4.79 Å². The minimum absolute atomic E-state index is 0.173.